The van der Waals surface area contributed by atoms with E-state index in [0.717, 1.165) is 12.8 Å². The lowest BCUT2D eigenvalue weighted by Crippen LogP contribution is -2.26. The van der Waals surface area contributed by atoms with Gasteiger partial charge in [0.25, 0.3) is 0 Å². The van der Waals surface area contributed by atoms with Crippen LogP contribution >= 0.6 is 15.9 Å². The predicted octanol–water partition coefficient (Wildman–Crippen LogP) is 4.03. The van der Waals surface area contributed by atoms with Crippen LogP contribution < -0.4 is 9.64 Å². The van der Waals surface area contributed by atoms with Gasteiger partial charge in [-0.15, -0.1) is 0 Å². The van der Waals surface area contributed by atoms with E-state index in [2.05, 4.69) is 20.7 Å². The van der Waals surface area contributed by atoms with Crippen LogP contribution in [0.15, 0.2) is 34.4 Å². The summed E-state index contributed by atoms with van der Waals surface area (Å²) in [7, 11) is 0. The molecule has 0 amide bonds. The Morgan fingerprint density at radius 3 is 2.30 bits per heavy atom. The molecule has 0 unspecified atom stereocenters. The van der Waals surface area contributed by atoms with Crippen LogP contribution in [-0.4, -0.2) is 37.8 Å². The van der Waals surface area contributed by atoms with Crippen LogP contribution in [0.3, 0.4) is 0 Å². The first-order chi connectivity index (χ1) is 12.9. The van der Waals surface area contributed by atoms with Crippen molar-refractivity contribution in [2.45, 2.75) is 39.3 Å². The van der Waals surface area contributed by atoms with E-state index < -0.39 is 18.6 Å². The Morgan fingerprint density at radius 1 is 1.22 bits per heavy atom. The molecule has 1 aliphatic rings. The summed E-state index contributed by atoms with van der Waals surface area (Å²) in [6, 6.07) is 4.73. The molecule has 1 saturated carbocycles. The standard InChI is InChI=1S/C18H20BrF2NO5/c1-3-25-16(23)12(17(24)26-4-2)10-22(11-8-9-11)14-7-5-6-13(19)15(14)27-18(20)21/h5-7,10-11,18H,3-4,8-9H2,1-2H3. The molecule has 1 aromatic carbocycles. The lowest BCUT2D eigenvalue weighted by molar-refractivity contribution is -0.146. The maximum Gasteiger partial charge on any atom is 0.387 e. The van der Waals surface area contributed by atoms with Gasteiger partial charge in [0.15, 0.2) is 11.3 Å². The largest absolute Gasteiger partial charge is 0.462 e. The predicted molar refractivity (Wildman–Crippen MR) is 97.6 cm³/mol. The van der Waals surface area contributed by atoms with Crippen LogP contribution in [0.25, 0.3) is 0 Å². The molecule has 1 aromatic rings. The third kappa shape index (κ3) is 5.66. The third-order valence-corrected chi connectivity index (χ3v) is 4.25. The highest BCUT2D eigenvalue weighted by Crippen LogP contribution is 2.42. The zero-order valence-corrected chi connectivity index (χ0v) is 16.5. The number of carbonyl (C=O) groups excluding carboxylic acids is 2. The van der Waals surface area contributed by atoms with E-state index in [-0.39, 0.29) is 30.6 Å². The molecule has 0 aliphatic heterocycles. The van der Waals surface area contributed by atoms with Gasteiger partial charge < -0.3 is 19.1 Å². The number of anilines is 1. The van der Waals surface area contributed by atoms with Crippen molar-refractivity contribution in [2.75, 3.05) is 18.1 Å². The van der Waals surface area contributed by atoms with Gasteiger partial charge in [-0.05, 0) is 54.8 Å². The average molecular weight is 448 g/mol. The Kier molecular flexibility index (Phi) is 7.58. The van der Waals surface area contributed by atoms with Crippen molar-refractivity contribution in [2.24, 2.45) is 0 Å². The molecular weight excluding hydrogens is 428 g/mol. The first kappa shape index (κ1) is 21.1. The van der Waals surface area contributed by atoms with Crippen molar-refractivity contribution >= 4 is 33.6 Å². The average Bonchev–Trinajstić information content (AvgIpc) is 3.43. The molecule has 148 valence electrons. The smallest absolute Gasteiger partial charge is 0.387 e. The highest BCUT2D eigenvalue weighted by Gasteiger charge is 2.33. The van der Waals surface area contributed by atoms with Crippen LogP contribution in [0.5, 0.6) is 5.75 Å². The molecule has 1 aliphatic carbocycles. The van der Waals surface area contributed by atoms with Crippen molar-refractivity contribution in [1.29, 1.82) is 0 Å². The van der Waals surface area contributed by atoms with Crippen molar-refractivity contribution in [1.82, 2.24) is 0 Å². The fourth-order valence-corrected chi connectivity index (χ4v) is 2.83. The number of ether oxygens (including phenoxy) is 3. The minimum absolute atomic E-state index is 0.0572. The SMILES string of the molecule is CCOC(=O)C(=CN(c1cccc(Br)c1OC(F)F)C1CC1)C(=O)OCC. The lowest BCUT2D eigenvalue weighted by Gasteiger charge is -2.24. The number of para-hydroxylation sites is 1. The Morgan fingerprint density at radius 2 is 1.81 bits per heavy atom. The van der Waals surface area contributed by atoms with Gasteiger partial charge in [0, 0.05) is 12.2 Å². The molecule has 2 rings (SSSR count). The van der Waals surface area contributed by atoms with Crippen LogP contribution in [0, 0.1) is 0 Å². The molecule has 1 fully saturated rings. The Labute approximate surface area is 164 Å². The zero-order valence-electron chi connectivity index (χ0n) is 14.9. The van der Waals surface area contributed by atoms with Crippen LogP contribution in [0.2, 0.25) is 0 Å². The van der Waals surface area contributed by atoms with Crippen LogP contribution in [0.4, 0.5) is 14.5 Å². The summed E-state index contributed by atoms with van der Waals surface area (Å²) in [4.78, 5) is 26.0. The second-order valence-corrected chi connectivity index (χ2v) is 6.44. The number of hydrogen-bond donors (Lipinski definition) is 0. The fourth-order valence-electron chi connectivity index (χ4n) is 2.38. The number of esters is 2. The van der Waals surface area contributed by atoms with Crippen molar-refractivity contribution < 1.29 is 32.6 Å². The molecule has 0 radical (unpaired) electrons. The maximum absolute atomic E-state index is 12.9. The van der Waals surface area contributed by atoms with Gasteiger partial charge in [-0.2, -0.15) is 8.78 Å². The van der Waals surface area contributed by atoms with Crippen molar-refractivity contribution in [3.8, 4) is 5.75 Å². The van der Waals surface area contributed by atoms with E-state index in [4.69, 9.17) is 9.47 Å². The molecule has 0 saturated heterocycles. The topological polar surface area (TPSA) is 65.1 Å². The van der Waals surface area contributed by atoms with Crippen LogP contribution in [0.1, 0.15) is 26.7 Å². The summed E-state index contributed by atoms with van der Waals surface area (Å²) < 4.78 is 40.5. The summed E-state index contributed by atoms with van der Waals surface area (Å²) in [5, 5.41) is 0. The van der Waals surface area contributed by atoms with E-state index in [9.17, 15) is 18.4 Å². The molecule has 0 atom stereocenters. The highest BCUT2D eigenvalue weighted by atomic mass is 79.9. The van der Waals surface area contributed by atoms with E-state index in [1.807, 2.05) is 0 Å². The van der Waals surface area contributed by atoms with Gasteiger partial charge >= 0.3 is 18.6 Å². The first-order valence-electron chi connectivity index (χ1n) is 8.46. The van der Waals surface area contributed by atoms with Gasteiger partial charge in [0.2, 0.25) is 0 Å². The van der Waals surface area contributed by atoms with E-state index in [1.165, 1.54) is 6.20 Å². The molecule has 9 heteroatoms. The Bertz CT molecular complexity index is 702. The second-order valence-electron chi connectivity index (χ2n) is 5.59. The number of hydrogen-bond acceptors (Lipinski definition) is 6. The molecule has 0 aromatic heterocycles. The molecule has 27 heavy (non-hydrogen) atoms. The van der Waals surface area contributed by atoms with Gasteiger partial charge in [-0.3, -0.25) is 0 Å². The number of nitrogens with zero attached hydrogens (tertiary/aromatic N) is 1. The minimum Gasteiger partial charge on any atom is -0.462 e. The van der Waals surface area contributed by atoms with E-state index >= 15 is 0 Å². The number of alkyl halides is 2. The Hall–Kier alpha value is -2.16. The second kappa shape index (κ2) is 9.68. The molecule has 6 nitrogen and oxygen atoms in total. The molecular formula is C18H20BrF2NO5. The summed E-state index contributed by atoms with van der Waals surface area (Å²) >= 11 is 3.20. The van der Waals surface area contributed by atoms with Gasteiger partial charge in [0.1, 0.15) is 0 Å². The lowest BCUT2D eigenvalue weighted by atomic mass is 10.2. The van der Waals surface area contributed by atoms with Gasteiger partial charge in [-0.1, -0.05) is 6.07 Å². The number of benzene rings is 1. The first-order valence-corrected chi connectivity index (χ1v) is 9.26. The monoisotopic (exact) mass is 447 g/mol. The zero-order chi connectivity index (χ0) is 20.0. The summed E-state index contributed by atoms with van der Waals surface area (Å²) in [5.74, 6) is -1.76. The van der Waals surface area contributed by atoms with Crippen molar-refractivity contribution in [3.63, 3.8) is 0 Å². The normalized spacial score (nSPS) is 13.1. The number of carbonyl (C=O) groups is 2. The molecule has 0 N–H and O–H groups in total. The number of halogens is 3. The summed E-state index contributed by atoms with van der Waals surface area (Å²) in [6.07, 6.45) is 2.83. The van der Waals surface area contributed by atoms with Gasteiger partial charge in [-0.25, -0.2) is 9.59 Å². The summed E-state index contributed by atoms with van der Waals surface area (Å²) in [6.45, 7) is 0.359. The van der Waals surface area contributed by atoms with Crippen molar-refractivity contribution in [3.05, 3.63) is 34.4 Å². The maximum atomic E-state index is 12.9. The van der Waals surface area contributed by atoms with E-state index in [1.54, 1.807) is 36.9 Å². The van der Waals surface area contributed by atoms with E-state index in [0.29, 0.717) is 10.2 Å². The Balaban J connectivity index is 2.49. The number of rotatable bonds is 9. The molecule has 0 heterocycles. The van der Waals surface area contributed by atoms with Crippen LogP contribution in [-0.2, 0) is 19.1 Å². The van der Waals surface area contributed by atoms with Gasteiger partial charge in [0.05, 0.1) is 23.4 Å². The summed E-state index contributed by atoms with van der Waals surface area (Å²) in [5.41, 5.74) is -0.00755. The fraction of sp³-hybridized carbons (Fsp3) is 0.444. The minimum atomic E-state index is -3.03. The highest BCUT2D eigenvalue weighted by molar-refractivity contribution is 9.10. The molecule has 0 spiro atoms. The quantitative estimate of drug-likeness (QED) is 0.246. The molecule has 0 bridgehead atoms. The third-order valence-electron chi connectivity index (χ3n) is 3.63.